The van der Waals surface area contributed by atoms with Crippen LogP contribution >= 0.6 is 12.4 Å². The fourth-order valence-corrected chi connectivity index (χ4v) is 2.22. The molecule has 6 heteroatoms. The zero-order chi connectivity index (χ0) is 10.8. The summed E-state index contributed by atoms with van der Waals surface area (Å²) < 4.78 is 0. The topological polar surface area (TPSA) is 69.6 Å². The molecular weight excluding hydrogens is 232 g/mol. The molecule has 92 valence electrons. The summed E-state index contributed by atoms with van der Waals surface area (Å²) in [6, 6.07) is -0.259. The summed E-state index contributed by atoms with van der Waals surface area (Å²) in [6.45, 7) is 1.69. The van der Waals surface area contributed by atoms with E-state index < -0.39 is 6.10 Å². The summed E-state index contributed by atoms with van der Waals surface area (Å²) in [6.07, 6.45) is 1.76. The first kappa shape index (κ1) is 13.4. The van der Waals surface area contributed by atoms with Crippen LogP contribution in [0.2, 0.25) is 0 Å². The van der Waals surface area contributed by atoms with Gasteiger partial charge in [0.2, 0.25) is 5.91 Å². The molecule has 0 radical (unpaired) electrons. The average Bonchev–Trinajstić information content (AvgIpc) is 2.84. The second kappa shape index (κ2) is 5.61. The molecule has 0 bridgehead atoms. The van der Waals surface area contributed by atoms with E-state index in [2.05, 4.69) is 5.32 Å². The lowest BCUT2D eigenvalue weighted by atomic mass is 10.1. The summed E-state index contributed by atoms with van der Waals surface area (Å²) in [5, 5.41) is 12.3. The number of β-amino-alcohol motifs (C(OH)–C–C–N with tert-alkyl or cyclic N) is 1. The Morgan fingerprint density at radius 1 is 1.50 bits per heavy atom. The van der Waals surface area contributed by atoms with Crippen LogP contribution in [-0.2, 0) is 9.59 Å². The number of carbonyl (C=O) groups is 2. The summed E-state index contributed by atoms with van der Waals surface area (Å²) in [4.78, 5) is 24.2. The molecule has 0 saturated carbocycles. The molecule has 2 rings (SSSR count). The third kappa shape index (κ3) is 2.72. The monoisotopic (exact) mass is 248 g/mol. The maximum absolute atomic E-state index is 11.9. The van der Waals surface area contributed by atoms with Crippen LogP contribution in [0.5, 0.6) is 0 Å². The van der Waals surface area contributed by atoms with Crippen molar-refractivity contribution >= 4 is 24.6 Å². The van der Waals surface area contributed by atoms with Crippen molar-refractivity contribution in [2.45, 2.75) is 25.0 Å². The lowest BCUT2D eigenvalue weighted by Crippen LogP contribution is -2.42. The van der Waals surface area contributed by atoms with E-state index in [-0.39, 0.29) is 30.3 Å². The molecule has 0 unspecified atom stereocenters. The normalized spacial score (nSPS) is 33.6. The number of nitrogens with zero attached hydrogens (tertiary/aromatic N) is 1. The van der Waals surface area contributed by atoms with E-state index in [0.717, 1.165) is 12.7 Å². The smallest absolute Gasteiger partial charge is 0.239 e. The Bertz CT molecular complexity index is 275. The number of hydrogen-bond acceptors (Lipinski definition) is 4. The Hall–Kier alpha value is -0.650. The van der Waals surface area contributed by atoms with Crippen LogP contribution in [0.15, 0.2) is 0 Å². The largest absolute Gasteiger partial charge is 0.392 e. The van der Waals surface area contributed by atoms with Crippen LogP contribution in [0.4, 0.5) is 0 Å². The van der Waals surface area contributed by atoms with E-state index in [1.807, 2.05) is 0 Å². The molecule has 0 aliphatic carbocycles. The molecule has 0 aromatic heterocycles. The van der Waals surface area contributed by atoms with Crippen molar-refractivity contribution in [3.8, 4) is 0 Å². The number of aliphatic hydroxyl groups is 1. The number of likely N-dealkylation sites (tertiary alicyclic amines) is 1. The highest BCUT2D eigenvalue weighted by Gasteiger charge is 2.34. The molecular formula is C10H17ClN2O3. The molecule has 1 amide bonds. The first-order chi connectivity index (χ1) is 7.20. The summed E-state index contributed by atoms with van der Waals surface area (Å²) in [5.74, 6) is 0.0242. The van der Waals surface area contributed by atoms with E-state index in [1.54, 1.807) is 4.90 Å². The Morgan fingerprint density at radius 2 is 2.25 bits per heavy atom. The van der Waals surface area contributed by atoms with Crippen LogP contribution in [0, 0.1) is 5.92 Å². The zero-order valence-electron chi connectivity index (χ0n) is 8.96. The molecule has 2 saturated heterocycles. The fraction of sp³-hybridized carbons (Fsp3) is 0.800. The van der Waals surface area contributed by atoms with E-state index in [0.29, 0.717) is 26.1 Å². The van der Waals surface area contributed by atoms with Gasteiger partial charge in [-0.15, -0.1) is 12.4 Å². The van der Waals surface area contributed by atoms with E-state index in [9.17, 15) is 14.7 Å². The predicted molar refractivity (Wildman–Crippen MR) is 60.4 cm³/mol. The SMILES string of the molecule is Cl.O=C[C@@H]1CCN(C(=O)[C@@H]2C[C@@H](O)CN2)C1. The van der Waals surface area contributed by atoms with Crippen molar-refractivity contribution in [1.82, 2.24) is 10.2 Å². The van der Waals surface area contributed by atoms with Gasteiger partial charge >= 0.3 is 0 Å². The predicted octanol–water partition coefficient (Wildman–Crippen LogP) is -0.822. The molecule has 2 N–H and O–H groups in total. The quantitative estimate of drug-likeness (QED) is 0.627. The number of nitrogens with one attached hydrogen (secondary N) is 1. The molecule has 0 aromatic carbocycles. The van der Waals surface area contributed by atoms with E-state index >= 15 is 0 Å². The highest BCUT2D eigenvalue weighted by molar-refractivity contribution is 5.85. The Kier molecular flexibility index (Phi) is 4.70. The fourth-order valence-electron chi connectivity index (χ4n) is 2.22. The number of hydrogen-bond donors (Lipinski definition) is 2. The molecule has 2 heterocycles. The lowest BCUT2D eigenvalue weighted by molar-refractivity contribution is -0.132. The Balaban J connectivity index is 0.00000128. The lowest BCUT2D eigenvalue weighted by Gasteiger charge is -2.19. The highest BCUT2D eigenvalue weighted by Crippen LogP contribution is 2.17. The molecule has 2 fully saturated rings. The van der Waals surface area contributed by atoms with Gasteiger partial charge in [-0.2, -0.15) is 0 Å². The van der Waals surface area contributed by atoms with Crippen LogP contribution in [0.3, 0.4) is 0 Å². The van der Waals surface area contributed by atoms with Crippen molar-refractivity contribution in [3.05, 3.63) is 0 Å². The van der Waals surface area contributed by atoms with E-state index in [1.165, 1.54) is 0 Å². The Morgan fingerprint density at radius 3 is 2.75 bits per heavy atom. The van der Waals surface area contributed by atoms with Gasteiger partial charge in [0.15, 0.2) is 0 Å². The molecule has 5 nitrogen and oxygen atoms in total. The molecule has 0 aromatic rings. The number of aldehydes is 1. The zero-order valence-corrected chi connectivity index (χ0v) is 9.78. The van der Waals surface area contributed by atoms with Gasteiger partial charge in [0.05, 0.1) is 12.1 Å². The van der Waals surface area contributed by atoms with Crippen molar-refractivity contribution < 1.29 is 14.7 Å². The van der Waals surface area contributed by atoms with Crippen LogP contribution in [0.1, 0.15) is 12.8 Å². The second-order valence-corrected chi connectivity index (χ2v) is 4.32. The molecule has 2 aliphatic heterocycles. The third-order valence-electron chi connectivity index (χ3n) is 3.13. The van der Waals surface area contributed by atoms with Crippen molar-refractivity contribution in [3.63, 3.8) is 0 Å². The molecule has 2 aliphatic rings. The number of halogens is 1. The average molecular weight is 249 g/mol. The van der Waals surface area contributed by atoms with Gasteiger partial charge in [-0.25, -0.2) is 0 Å². The van der Waals surface area contributed by atoms with E-state index in [4.69, 9.17) is 0 Å². The number of amides is 1. The minimum atomic E-state index is -0.413. The summed E-state index contributed by atoms with van der Waals surface area (Å²) in [7, 11) is 0. The maximum Gasteiger partial charge on any atom is 0.239 e. The third-order valence-corrected chi connectivity index (χ3v) is 3.13. The highest BCUT2D eigenvalue weighted by atomic mass is 35.5. The standard InChI is InChI=1S/C10H16N2O3.ClH/c13-6-7-1-2-12(5-7)10(15)9-3-8(14)4-11-9;/h6-9,11,14H,1-5H2;1H/t7-,8-,9+;/m1./s1. The summed E-state index contributed by atoms with van der Waals surface area (Å²) >= 11 is 0. The van der Waals surface area contributed by atoms with Gasteiger partial charge in [-0.3, -0.25) is 4.79 Å². The molecule has 3 atom stereocenters. The van der Waals surface area contributed by atoms with Crippen LogP contribution in [0.25, 0.3) is 0 Å². The Labute approximate surface area is 101 Å². The maximum atomic E-state index is 11.9. The molecule has 0 spiro atoms. The van der Waals surface area contributed by atoms with Gasteiger partial charge in [-0.05, 0) is 12.8 Å². The first-order valence-electron chi connectivity index (χ1n) is 5.36. The van der Waals surface area contributed by atoms with Gasteiger partial charge in [0.1, 0.15) is 6.29 Å². The summed E-state index contributed by atoms with van der Waals surface area (Å²) in [5.41, 5.74) is 0. The first-order valence-corrected chi connectivity index (χ1v) is 5.36. The minimum Gasteiger partial charge on any atom is -0.392 e. The number of aliphatic hydroxyl groups excluding tert-OH is 1. The van der Waals surface area contributed by atoms with Crippen molar-refractivity contribution in [2.75, 3.05) is 19.6 Å². The van der Waals surface area contributed by atoms with Gasteiger partial charge in [0.25, 0.3) is 0 Å². The number of rotatable bonds is 2. The van der Waals surface area contributed by atoms with Crippen molar-refractivity contribution in [1.29, 1.82) is 0 Å². The van der Waals surface area contributed by atoms with Crippen LogP contribution < -0.4 is 5.32 Å². The van der Waals surface area contributed by atoms with Crippen molar-refractivity contribution in [2.24, 2.45) is 5.92 Å². The van der Waals surface area contributed by atoms with Gasteiger partial charge < -0.3 is 20.1 Å². The second-order valence-electron chi connectivity index (χ2n) is 4.32. The van der Waals surface area contributed by atoms with Gasteiger partial charge in [0, 0.05) is 25.6 Å². The minimum absolute atomic E-state index is 0. The number of carbonyl (C=O) groups excluding carboxylic acids is 2. The molecule has 16 heavy (non-hydrogen) atoms. The van der Waals surface area contributed by atoms with Crippen LogP contribution in [-0.4, -0.2) is 54.0 Å². The van der Waals surface area contributed by atoms with Gasteiger partial charge in [-0.1, -0.05) is 0 Å².